The average molecular weight is 448 g/mol. The van der Waals surface area contributed by atoms with Crippen molar-refractivity contribution in [2.75, 3.05) is 19.1 Å². The third-order valence-electron chi connectivity index (χ3n) is 5.94. The van der Waals surface area contributed by atoms with Crippen LogP contribution < -0.4 is 15.0 Å². The quantitative estimate of drug-likeness (QED) is 0.601. The number of rotatable bonds is 3. The summed E-state index contributed by atoms with van der Waals surface area (Å²) in [5.74, 6) is 0.588. The SMILES string of the molecule is COc1cc2c(cc1/C=C1/SC(=Nc3cc(C)cc(C)c3)NC1=O)C(C)=CC(C)(C)N2C. The number of allylic oxidation sites excluding steroid dienone is 1. The van der Waals surface area contributed by atoms with Gasteiger partial charge in [0.2, 0.25) is 0 Å². The van der Waals surface area contributed by atoms with Crippen molar-refractivity contribution in [3.63, 3.8) is 0 Å². The van der Waals surface area contributed by atoms with E-state index in [4.69, 9.17) is 4.74 Å². The number of likely N-dealkylation sites (N-methyl/N-ethyl adjacent to an activating group) is 1. The zero-order chi connectivity index (χ0) is 23.2. The van der Waals surface area contributed by atoms with Crippen molar-refractivity contribution in [3.05, 3.63) is 63.6 Å². The highest BCUT2D eigenvalue weighted by Gasteiger charge is 2.30. The minimum atomic E-state index is -0.150. The van der Waals surface area contributed by atoms with E-state index in [1.807, 2.05) is 32.1 Å². The number of fused-ring (bicyclic) bond motifs is 1. The Labute approximate surface area is 194 Å². The summed E-state index contributed by atoms with van der Waals surface area (Å²) in [6, 6.07) is 10.3. The molecule has 2 aromatic carbocycles. The molecule has 4 rings (SSSR count). The van der Waals surface area contributed by atoms with Crippen LogP contribution in [-0.2, 0) is 4.79 Å². The summed E-state index contributed by atoms with van der Waals surface area (Å²) < 4.78 is 5.70. The van der Waals surface area contributed by atoms with Crippen molar-refractivity contribution in [2.45, 2.75) is 40.2 Å². The summed E-state index contributed by atoms with van der Waals surface area (Å²) >= 11 is 1.35. The molecule has 0 aromatic heterocycles. The summed E-state index contributed by atoms with van der Waals surface area (Å²) in [7, 11) is 3.75. The Bertz CT molecular complexity index is 1190. The van der Waals surface area contributed by atoms with E-state index < -0.39 is 0 Å². The first-order valence-electron chi connectivity index (χ1n) is 10.6. The first-order valence-corrected chi connectivity index (χ1v) is 11.4. The first-order chi connectivity index (χ1) is 15.1. The van der Waals surface area contributed by atoms with Gasteiger partial charge in [0.05, 0.1) is 23.2 Å². The van der Waals surface area contributed by atoms with Gasteiger partial charge < -0.3 is 15.0 Å². The van der Waals surface area contributed by atoms with E-state index in [1.165, 1.54) is 17.3 Å². The summed E-state index contributed by atoms with van der Waals surface area (Å²) in [5, 5.41) is 3.47. The third-order valence-corrected chi connectivity index (χ3v) is 6.85. The van der Waals surface area contributed by atoms with E-state index in [0.29, 0.717) is 10.1 Å². The number of aliphatic imine (C=N–C) groups is 1. The first kappa shape index (κ1) is 22.2. The van der Waals surface area contributed by atoms with Crippen molar-refractivity contribution in [1.29, 1.82) is 0 Å². The van der Waals surface area contributed by atoms with Crippen molar-refractivity contribution in [3.8, 4) is 5.75 Å². The Kier molecular flexibility index (Phi) is 5.67. The Hall–Kier alpha value is -2.99. The number of amidine groups is 1. The van der Waals surface area contributed by atoms with Gasteiger partial charge in [0.15, 0.2) is 5.17 Å². The van der Waals surface area contributed by atoms with Crippen molar-refractivity contribution < 1.29 is 9.53 Å². The number of hydrogen-bond acceptors (Lipinski definition) is 5. The minimum Gasteiger partial charge on any atom is -0.496 e. The summed E-state index contributed by atoms with van der Waals surface area (Å²) in [6.45, 7) is 10.6. The summed E-state index contributed by atoms with van der Waals surface area (Å²) in [5.41, 5.74) is 7.40. The van der Waals surface area contributed by atoms with Gasteiger partial charge in [-0.3, -0.25) is 4.79 Å². The molecule has 0 saturated carbocycles. The molecule has 0 atom stereocenters. The molecule has 0 unspecified atom stereocenters. The van der Waals surface area contributed by atoms with E-state index in [9.17, 15) is 4.79 Å². The molecule has 32 heavy (non-hydrogen) atoms. The molecule has 6 heteroatoms. The van der Waals surface area contributed by atoms with Gasteiger partial charge in [0, 0.05) is 29.9 Å². The Morgan fingerprint density at radius 2 is 1.78 bits per heavy atom. The second kappa shape index (κ2) is 8.17. The van der Waals surface area contributed by atoms with Gasteiger partial charge in [-0.2, -0.15) is 0 Å². The number of thioether (sulfide) groups is 1. The fourth-order valence-electron chi connectivity index (χ4n) is 4.24. The number of aryl methyl sites for hydroxylation is 2. The highest BCUT2D eigenvalue weighted by atomic mass is 32.2. The monoisotopic (exact) mass is 447 g/mol. The van der Waals surface area contributed by atoms with Crippen LogP contribution in [0.4, 0.5) is 11.4 Å². The number of benzene rings is 2. The summed E-state index contributed by atoms with van der Waals surface area (Å²) in [6.07, 6.45) is 4.15. The molecular formula is C26H29N3O2S. The number of hydrogen-bond donors (Lipinski definition) is 1. The maximum absolute atomic E-state index is 12.7. The molecule has 1 fully saturated rings. The van der Waals surface area contributed by atoms with Gasteiger partial charge in [-0.1, -0.05) is 12.1 Å². The van der Waals surface area contributed by atoms with E-state index in [1.54, 1.807) is 7.11 Å². The Morgan fingerprint density at radius 3 is 2.44 bits per heavy atom. The molecule has 0 bridgehead atoms. The molecule has 1 saturated heterocycles. The number of carbonyl (C=O) groups is 1. The smallest absolute Gasteiger partial charge is 0.264 e. The van der Waals surface area contributed by atoms with Gasteiger partial charge in [0.25, 0.3) is 5.91 Å². The maximum atomic E-state index is 12.7. The van der Waals surface area contributed by atoms with Crippen molar-refractivity contribution in [2.24, 2.45) is 4.99 Å². The lowest BCUT2D eigenvalue weighted by molar-refractivity contribution is -0.115. The Morgan fingerprint density at radius 1 is 1.09 bits per heavy atom. The molecular weight excluding hydrogens is 418 g/mol. The number of nitrogens with zero attached hydrogens (tertiary/aromatic N) is 2. The van der Waals surface area contributed by atoms with Crippen LogP contribution in [0, 0.1) is 13.8 Å². The Balaban J connectivity index is 1.70. The molecule has 5 nitrogen and oxygen atoms in total. The molecule has 2 aromatic rings. The summed E-state index contributed by atoms with van der Waals surface area (Å²) in [4.78, 5) is 20.1. The fourth-order valence-corrected chi connectivity index (χ4v) is 5.07. The number of carbonyl (C=O) groups excluding carboxylic acids is 1. The van der Waals surface area contributed by atoms with Crippen molar-refractivity contribution >= 4 is 45.9 Å². The minimum absolute atomic E-state index is 0.0806. The lowest BCUT2D eigenvalue weighted by Gasteiger charge is -2.41. The van der Waals surface area contributed by atoms with Crippen LogP contribution in [0.2, 0.25) is 0 Å². The molecule has 0 spiro atoms. The van der Waals surface area contributed by atoms with Crippen LogP contribution in [0.15, 0.2) is 46.3 Å². The van der Waals surface area contributed by atoms with E-state index in [2.05, 4.69) is 67.3 Å². The molecule has 1 amide bonds. The van der Waals surface area contributed by atoms with Crippen LogP contribution >= 0.6 is 11.8 Å². The third kappa shape index (κ3) is 4.19. The molecule has 2 aliphatic heterocycles. The normalized spacial score (nSPS) is 19.8. The highest BCUT2D eigenvalue weighted by Crippen LogP contribution is 2.42. The standard InChI is InChI=1S/C26H29N3O2S/c1-15-8-16(2)10-19(9-15)27-25-28-24(30)23(32-25)12-18-11-20-17(3)14-26(4,5)29(6)21(20)13-22(18)31-7/h8-14H,1-7H3,(H,27,28,30)/b23-12+. The van der Waals surface area contributed by atoms with Crippen LogP contribution in [-0.4, -0.2) is 30.8 Å². The molecule has 0 radical (unpaired) electrons. The van der Waals surface area contributed by atoms with Crippen LogP contribution in [0.25, 0.3) is 11.6 Å². The second-order valence-electron chi connectivity index (χ2n) is 8.98. The topological polar surface area (TPSA) is 53.9 Å². The van der Waals surface area contributed by atoms with E-state index >= 15 is 0 Å². The number of nitrogens with one attached hydrogen (secondary N) is 1. The lowest BCUT2D eigenvalue weighted by Crippen LogP contribution is -2.42. The van der Waals surface area contributed by atoms with Crippen molar-refractivity contribution in [1.82, 2.24) is 5.32 Å². The highest BCUT2D eigenvalue weighted by molar-refractivity contribution is 8.18. The zero-order valence-corrected chi connectivity index (χ0v) is 20.5. The number of amides is 1. The zero-order valence-electron chi connectivity index (χ0n) is 19.7. The maximum Gasteiger partial charge on any atom is 0.264 e. The second-order valence-corrected chi connectivity index (χ2v) is 10.0. The number of methoxy groups -OCH3 is 1. The van der Waals surface area contributed by atoms with Crippen LogP contribution in [0.3, 0.4) is 0 Å². The molecule has 1 N–H and O–H groups in total. The van der Waals surface area contributed by atoms with Crippen LogP contribution in [0.1, 0.15) is 43.0 Å². The van der Waals surface area contributed by atoms with Crippen LogP contribution in [0.5, 0.6) is 5.75 Å². The van der Waals surface area contributed by atoms with E-state index in [0.717, 1.165) is 39.4 Å². The number of anilines is 1. The van der Waals surface area contributed by atoms with E-state index in [-0.39, 0.29) is 11.4 Å². The average Bonchev–Trinajstić information content (AvgIpc) is 3.03. The van der Waals surface area contributed by atoms with Gasteiger partial charge in [-0.15, -0.1) is 0 Å². The predicted octanol–water partition coefficient (Wildman–Crippen LogP) is 5.84. The predicted molar refractivity (Wildman–Crippen MR) is 136 cm³/mol. The van der Waals surface area contributed by atoms with Gasteiger partial charge in [-0.25, -0.2) is 4.99 Å². The fraction of sp³-hybridized carbons (Fsp3) is 0.308. The largest absolute Gasteiger partial charge is 0.496 e. The molecule has 0 aliphatic carbocycles. The molecule has 2 heterocycles. The number of ether oxygens (including phenoxy) is 1. The van der Waals surface area contributed by atoms with Gasteiger partial charge >= 0.3 is 0 Å². The van der Waals surface area contributed by atoms with Gasteiger partial charge in [-0.05, 0) is 87.4 Å². The molecule has 2 aliphatic rings. The van der Waals surface area contributed by atoms with Gasteiger partial charge in [0.1, 0.15) is 5.75 Å². The molecule has 166 valence electrons. The lowest BCUT2D eigenvalue weighted by atomic mass is 9.88.